The lowest BCUT2D eigenvalue weighted by Crippen LogP contribution is -2.38. The van der Waals surface area contributed by atoms with Crippen molar-refractivity contribution in [2.24, 2.45) is 11.8 Å². The van der Waals surface area contributed by atoms with Gasteiger partial charge in [0, 0.05) is 17.5 Å². The highest BCUT2D eigenvalue weighted by Crippen LogP contribution is 2.36. The molecular formula is C16H22F3NS. The minimum Gasteiger partial charge on any atom is -0.310 e. The van der Waals surface area contributed by atoms with Gasteiger partial charge in [-0.1, -0.05) is 26.0 Å². The third-order valence-corrected chi connectivity index (χ3v) is 4.90. The molecule has 118 valence electrons. The van der Waals surface area contributed by atoms with Crippen molar-refractivity contribution in [3.63, 3.8) is 0 Å². The zero-order valence-corrected chi connectivity index (χ0v) is 13.2. The molecule has 0 heterocycles. The van der Waals surface area contributed by atoms with Crippen LogP contribution in [0.15, 0.2) is 29.2 Å². The lowest BCUT2D eigenvalue weighted by molar-refractivity contribution is -0.0328. The first kappa shape index (κ1) is 16.7. The minimum atomic E-state index is -4.21. The van der Waals surface area contributed by atoms with Gasteiger partial charge in [-0.05, 0) is 60.6 Å². The smallest absolute Gasteiger partial charge is 0.310 e. The van der Waals surface area contributed by atoms with Crippen LogP contribution in [0.5, 0.6) is 0 Å². The summed E-state index contributed by atoms with van der Waals surface area (Å²) in [6, 6.07) is 7.16. The van der Waals surface area contributed by atoms with E-state index in [1.807, 2.05) is 0 Å². The van der Waals surface area contributed by atoms with Crippen molar-refractivity contribution in [3.8, 4) is 0 Å². The molecule has 0 spiro atoms. The van der Waals surface area contributed by atoms with E-state index in [1.54, 1.807) is 24.3 Å². The second-order valence-electron chi connectivity index (χ2n) is 6.07. The Morgan fingerprint density at radius 1 is 1.14 bits per heavy atom. The Balaban J connectivity index is 1.83. The van der Waals surface area contributed by atoms with E-state index in [1.165, 1.54) is 19.3 Å². The van der Waals surface area contributed by atoms with Crippen molar-refractivity contribution < 1.29 is 13.2 Å². The van der Waals surface area contributed by atoms with Gasteiger partial charge >= 0.3 is 5.51 Å². The first-order valence-corrected chi connectivity index (χ1v) is 8.23. The molecule has 2 rings (SSSR count). The molecule has 1 N–H and O–H groups in total. The van der Waals surface area contributed by atoms with Gasteiger partial charge in [0.2, 0.25) is 0 Å². The summed E-state index contributed by atoms with van der Waals surface area (Å²) >= 11 is -0.0642. The number of rotatable bonds is 4. The first-order chi connectivity index (χ1) is 9.83. The van der Waals surface area contributed by atoms with Crippen LogP contribution in [0.4, 0.5) is 13.2 Å². The van der Waals surface area contributed by atoms with Crippen molar-refractivity contribution in [2.45, 2.75) is 56.1 Å². The fourth-order valence-corrected chi connectivity index (χ4v) is 3.57. The van der Waals surface area contributed by atoms with Gasteiger partial charge in [-0.2, -0.15) is 13.2 Å². The van der Waals surface area contributed by atoms with Crippen molar-refractivity contribution in [3.05, 3.63) is 29.8 Å². The van der Waals surface area contributed by atoms with Gasteiger partial charge in [0.1, 0.15) is 0 Å². The Bertz CT molecular complexity index is 444. The second-order valence-corrected chi connectivity index (χ2v) is 7.21. The second kappa shape index (κ2) is 7.05. The van der Waals surface area contributed by atoms with Crippen molar-refractivity contribution in [2.75, 3.05) is 0 Å². The van der Waals surface area contributed by atoms with Crippen LogP contribution < -0.4 is 5.32 Å². The van der Waals surface area contributed by atoms with Crippen molar-refractivity contribution in [1.29, 1.82) is 0 Å². The molecule has 1 saturated carbocycles. The molecule has 21 heavy (non-hydrogen) atoms. The molecule has 0 aromatic heterocycles. The highest BCUT2D eigenvalue weighted by atomic mass is 32.2. The van der Waals surface area contributed by atoms with Gasteiger partial charge in [0.25, 0.3) is 0 Å². The molecule has 1 aliphatic carbocycles. The van der Waals surface area contributed by atoms with Gasteiger partial charge in [-0.15, -0.1) is 0 Å². The molecule has 0 aliphatic heterocycles. The molecule has 0 saturated heterocycles. The minimum absolute atomic E-state index is 0.0642. The summed E-state index contributed by atoms with van der Waals surface area (Å²) in [6.07, 6.45) is 3.69. The zero-order chi connectivity index (χ0) is 15.5. The first-order valence-electron chi connectivity index (χ1n) is 7.41. The number of hydrogen-bond acceptors (Lipinski definition) is 2. The monoisotopic (exact) mass is 317 g/mol. The van der Waals surface area contributed by atoms with Gasteiger partial charge in [-0.25, -0.2) is 0 Å². The molecule has 3 atom stereocenters. The van der Waals surface area contributed by atoms with Crippen LogP contribution in [-0.2, 0) is 6.54 Å². The molecule has 0 radical (unpaired) electrons. The molecule has 3 unspecified atom stereocenters. The summed E-state index contributed by atoms with van der Waals surface area (Å²) in [7, 11) is 0. The highest BCUT2D eigenvalue weighted by Gasteiger charge is 2.29. The van der Waals surface area contributed by atoms with Gasteiger partial charge in [0.15, 0.2) is 0 Å². The lowest BCUT2D eigenvalue weighted by atomic mass is 9.80. The van der Waals surface area contributed by atoms with E-state index >= 15 is 0 Å². The molecule has 5 heteroatoms. The average molecular weight is 317 g/mol. The normalized spacial score (nSPS) is 26.8. The Morgan fingerprint density at radius 2 is 1.81 bits per heavy atom. The van der Waals surface area contributed by atoms with E-state index in [9.17, 15) is 13.2 Å². The number of hydrogen-bond donors (Lipinski definition) is 1. The van der Waals surface area contributed by atoms with E-state index in [4.69, 9.17) is 0 Å². The standard InChI is InChI=1S/C16H22F3NS/c1-11-3-8-15(12(2)9-11)20-10-13-4-6-14(7-5-13)21-16(17,18)19/h4-7,11-12,15,20H,3,8-10H2,1-2H3. The van der Waals surface area contributed by atoms with Crippen LogP contribution in [0, 0.1) is 11.8 Å². The molecule has 1 aromatic rings. The van der Waals surface area contributed by atoms with Crippen LogP contribution in [0.3, 0.4) is 0 Å². The van der Waals surface area contributed by atoms with Crippen LogP contribution in [0.25, 0.3) is 0 Å². The Labute approximate surface area is 128 Å². The number of benzene rings is 1. The summed E-state index contributed by atoms with van der Waals surface area (Å²) < 4.78 is 36.8. The largest absolute Gasteiger partial charge is 0.446 e. The molecule has 1 fully saturated rings. The van der Waals surface area contributed by atoms with Gasteiger partial charge < -0.3 is 5.32 Å². The van der Waals surface area contributed by atoms with E-state index in [0.29, 0.717) is 12.0 Å². The summed E-state index contributed by atoms with van der Waals surface area (Å²) in [5.74, 6) is 1.46. The van der Waals surface area contributed by atoms with E-state index in [2.05, 4.69) is 19.2 Å². The van der Waals surface area contributed by atoms with Crippen LogP contribution in [0.2, 0.25) is 0 Å². The number of alkyl halides is 3. The molecule has 0 bridgehead atoms. The fraction of sp³-hybridized carbons (Fsp3) is 0.625. The molecule has 1 nitrogen and oxygen atoms in total. The Hall–Kier alpha value is -0.680. The summed E-state index contributed by atoms with van der Waals surface area (Å²) in [4.78, 5) is 0.242. The molecule has 1 aliphatic rings. The maximum absolute atomic E-state index is 12.3. The topological polar surface area (TPSA) is 12.0 Å². The summed E-state index contributed by atoms with van der Waals surface area (Å²) in [5.41, 5.74) is -3.18. The molecule has 0 amide bonds. The van der Waals surface area contributed by atoms with E-state index < -0.39 is 5.51 Å². The van der Waals surface area contributed by atoms with Crippen molar-refractivity contribution >= 4 is 11.8 Å². The predicted molar refractivity (Wildman–Crippen MR) is 81.2 cm³/mol. The molecular weight excluding hydrogens is 295 g/mol. The van der Waals surface area contributed by atoms with Gasteiger partial charge in [0.05, 0.1) is 0 Å². The van der Waals surface area contributed by atoms with E-state index in [0.717, 1.165) is 18.0 Å². The number of thioether (sulfide) groups is 1. The van der Waals surface area contributed by atoms with Gasteiger partial charge in [-0.3, -0.25) is 0 Å². The maximum Gasteiger partial charge on any atom is 0.446 e. The van der Waals surface area contributed by atoms with Crippen molar-refractivity contribution in [1.82, 2.24) is 5.32 Å². The lowest BCUT2D eigenvalue weighted by Gasteiger charge is -2.33. The van der Waals surface area contributed by atoms with Crippen LogP contribution >= 0.6 is 11.8 Å². The third-order valence-electron chi connectivity index (χ3n) is 4.16. The van der Waals surface area contributed by atoms with E-state index in [-0.39, 0.29) is 16.7 Å². The summed E-state index contributed by atoms with van der Waals surface area (Å²) in [5, 5.41) is 3.55. The third kappa shape index (κ3) is 5.55. The maximum atomic E-state index is 12.3. The quantitative estimate of drug-likeness (QED) is 0.765. The highest BCUT2D eigenvalue weighted by molar-refractivity contribution is 8.00. The zero-order valence-electron chi connectivity index (χ0n) is 12.4. The number of halogens is 3. The summed E-state index contributed by atoms with van der Waals surface area (Å²) in [6.45, 7) is 5.29. The Kier molecular flexibility index (Phi) is 5.60. The Morgan fingerprint density at radius 3 is 2.38 bits per heavy atom. The average Bonchev–Trinajstić information content (AvgIpc) is 2.38. The van der Waals surface area contributed by atoms with Crippen LogP contribution in [-0.4, -0.2) is 11.6 Å². The fourth-order valence-electron chi connectivity index (χ4n) is 3.03. The number of nitrogens with one attached hydrogen (secondary N) is 1. The molecule has 1 aromatic carbocycles. The SMILES string of the molecule is CC1CCC(NCc2ccc(SC(F)(F)F)cc2)C(C)C1. The van der Waals surface area contributed by atoms with Crippen LogP contribution in [0.1, 0.15) is 38.7 Å². The predicted octanol–water partition coefficient (Wildman–Crippen LogP) is 5.21.